The van der Waals surface area contributed by atoms with Crippen molar-refractivity contribution in [3.8, 4) is 11.6 Å². The van der Waals surface area contributed by atoms with Crippen LogP contribution in [0, 0.1) is 11.7 Å². The SMILES string of the molecule is CC(=O)O.COc1cc(N2CCC(Oc3ccc(N4CCCC4)cc3)C(C)C2)c(F)cn1. The minimum Gasteiger partial charge on any atom is -0.490 e. The fourth-order valence-electron chi connectivity index (χ4n) is 4.17. The lowest BCUT2D eigenvalue weighted by molar-refractivity contribution is -0.134. The summed E-state index contributed by atoms with van der Waals surface area (Å²) in [4.78, 5) is 17.4. The minimum absolute atomic E-state index is 0.126. The van der Waals surface area contributed by atoms with E-state index in [2.05, 4.69) is 46.0 Å². The molecule has 0 aliphatic carbocycles. The van der Waals surface area contributed by atoms with E-state index in [1.807, 2.05) is 0 Å². The zero-order valence-corrected chi connectivity index (χ0v) is 19.0. The lowest BCUT2D eigenvalue weighted by Crippen LogP contribution is -2.44. The number of piperidine rings is 1. The van der Waals surface area contributed by atoms with E-state index >= 15 is 0 Å². The van der Waals surface area contributed by atoms with Gasteiger partial charge in [-0.05, 0) is 37.1 Å². The van der Waals surface area contributed by atoms with Crippen LogP contribution < -0.4 is 19.3 Å². The van der Waals surface area contributed by atoms with Gasteiger partial charge in [-0.2, -0.15) is 0 Å². The van der Waals surface area contributed by atoms with Crippen LogP contribution in [0.4, 0.5) is 15.8 Å². The standard InChI is InChI=1S/C22H28FN3O2.C2H4O2/c1-16-15-26(20-13-22(27-2)24-14-19(20)23)12-9-21(16)28-18-7-5-17(6-8-18)25-10-3-4-11-25;1-2(3)4/h5-8,13-14,16,21H,3-4,9-12,15H2,1-2H3;1H3,(H,3,4). The quantitative estimate of drug-likeness (QED) is 0.739. The topological polar surface area (TPSA) is 75.1 Å². The van der Waals surface area contributed by atoms with Crippen LogP contribution in [0.1, 0.15) is 33.1 Å². The number of aromatic nitrogens is 1. The van der Waals surface area contributed by atoms with Crippen molar-refractivity contribution in [3.05, 3.63) is 42.3 Å². The van der Waals surface area contributed by atoms with Gasteiger partial charge in [0.25, 0.3) is 5.97 Å². The van der Waals surface area contributed by atoms with E-state index in [1.165, 1.54) is 24.7 Å². The van der Waals surface area contributed by atoms with Gasteiger partial charge in [-0.25, -0.2) is 9.37 Å². The number of benzene rings is 1. The van der Waals surface area contributed by atoms with Gasteiger partial charge in [0.1, 0.15) is 11.9 Å². The molecule has 4 rings (SSSR count). The van der Waals surface area contributed by atoms with Gasteiger partial charge < -0.3 is 24.4 Å². The molecular formula is C24H32FN3O4. The van der Waals surface area contributed by atoms with Gasteiger partial charge in [-0.1, -0.05) is 6.92 Å². The molecule has 3 heterocycles. The predicted octanol–water partition coefficient (Wildman–Crippen LogP) is 4.21. The summed E-state index contributed by atoms with van der Waals surface area (Å²) in [5.74, 6) is 0.473. The Morgan fingerprint density at radius 2 is 1.81 bits per heavy atom. The number of anilines is 2. The van der Waals surface area contributed by atoms with Crippen LogP contribution in [0.2, 0.25) is 0 Å². The Morgan fingerprint density at radius 3 is 2.41 bits per heavy atom. The van der Waals surface area contributed by atoms with E-state index in [4.69, 9.17) is 19.4 Å². The number of halogens is 1. The third-order valence-corrected chi connectivity index (χ3v) is 5.78. The Morgan fingerprint density at radius 1 is 1.16 bits per heavy atom. The van der Waals surface area contributed by atoms with E-state index in [9.17, 15) is 4.39 Å². The van der Waals surface area contributed by atoms with Crippen LogP contribution in [-0.2, 0) is 4.79 Å². The maximum absolute atomic E-state index is 14.2. The first kappa shape index (κ1) is 23.6. The van der Waals surface area contributed by atoms with Crippen molar-refractivity contribution in [2.75, 3.05) is 43.1 Å². The van der Waals surface area contributed by atoms with Gasteiger partial charge in [0, 0.05) is 57.2 Å². The summed E-state index contributed by atoms with van der Waals surface area (Å²) in [6.07, 6.45) is 4.75. The average Bonchev–Trinajstić information content (AvgIpc) is 3.31. The summed E-state index contributed by atoms with van der Waals surface area (Å²) in [5.41, 5.74) is 1.82. The number of carboxylic acid groups (broad SMARTS) is 1. The fourth-order valence-corrected chi connectivity index (χ4v) is 4.17. The number of methoxy groups -OCH3 is 1. The van der Waals surface area contributed by atoms with Crippen molar-refractivity contribution in [2.24, 2.45) is 5.92 Å². The lowest BCUT2D eigenvalue weighted by Gasteiger charge is -2.38. The molecule has 2 atom stereocenters. The number of carbonyl (C=O) groups is 1. The summed E-state index contributed by atoms with van der Waals surface area (Å²) in [5, 5.41) is 7.42. The van der Waals surface area contributed by atoms with E-state index in [1.54, 1.807) is 13.2 Å². The van der Waals surface area contributed by atoms with Crippen LogP contribution in [0.25, 0.3) is 0 Å². The van der Waals surface area contributed by atoms with Crippen LogP contribution in [0.3, 0.4) is 0 Å². The molecular weight excluding hydrogens is 413 g/mol. The van der Waals surface area contributed by atoms with Gasteiger partial charge in [0.15, 0.2) is 5.82 Å². The van der Waals surface area contributed by atoms with Crippen molar-refractivity contribution in [2.45, 2.75) is 39.2 Å². The molecule has 0 radical (unpaired) electrons. The Balaban J connectivity index is 0.000000668. The van der Waals surface area contributed by atoms with Crippen LogP contribution in [-0.4, -0.2) is 55.5 Å². The molecule has 2 fully saturated rings. The first-order valence-corrected chi connectivity index (χ1v) is 11.0. The molecule has 0 bridgehead atoms. The molecule has 1 aromatic heterocycles. The van der Waals surface area contributed by atoms with Crippen LogP contribution >= 0.6 is 0 Å². The highest BCUT2D eigenvalue weighted by molar-refractivity contribution is 5.63. The molecule has 8 heteroatoms. The maximum atomic E-state index is 14.2. The van der Waals surface area contributed by atoms with E-state index < -0.39 is 5.97 Å². The summed E-state index contributed by atoms with van der Waals surface area (Å²) < 4.78 is 25.6. The highest BCUT2D eigenvalue weighted by Gasteiger charge is 2.29. The summed E-state index contributed by atoms with van der Waals surface area (Å²) in [6, 6.07) is 10.1. The second-order valence-corrected chi connectivity index (χ2v) is 8.25. The third kappa shape index (κ3) is 6.24. The van der Waals surface area contributed by atoms with Gasteiger partial charge >= 0.3 is 0 Å². The highest BCUT2D eigenvalue weighted by atomic mass is 19.1. The number of hydrogen-bond acceptors (Lipinski definition) is 6. The molecule has 1 aromatic carbocycles. The van der Waals surface area contributed by atoms with E-state index in [0.29, 0.717) is 11.6 Å². The van der Waals surface area contributed by atoms with Crippen molar-refractivity contribution in [1.29, 1.82) is 0 Å². The van der Waals surface area contributed by atoms with Gasteiger partial charge in [0.05, 0.1) is 19.0 Å². The van der Waals surface area contributed by atoms with Gasteiger partial charge in [-0.3, -0.25) is 4.79 Å². The first-order chi connectivity index (χ1) is 15.4. The smallest absolute Gasteiger partial charge is 0.300 e. The number of nitrogens with zero attached hydrogens (tertiary/aromatic N) is 3. The summed E-state index contributed by atoms with van der Waals surface area (Å²) >= 11 is 0. The van der Waals surface area contributed by atoms with Gasteiger partial charge in [-0.15, -0.1) is 0 Å². The monoisotopic (exact) mass is 445 g/mol. The average molecular weight is 446 g/mol. The summed E-state index contributed by atoms with van der Waals surface area (Å²) in [6.45, 7) is 7.01. The van der Waals surface area contributed by atoms with Crippen LogP contribution in [0.5, 0.6) is 11.6 Å². The van der Waals surface area contributed by atoms with Crippen molar-refractivity contribution < 1.29 is 23.8 Å². The second-order valence-electron chi connectivity index (χ2n) is 8.25. The molecule has 0 spiro atoms. The normalized spacial score (nSPS) is 20.4. The Bertz CT molecular complexity index is 883. The van der Waals surface area contributed by atoms with Crippen LogP contribution in [0.15, 0.2) is 36.5 Å². The molecule has 2 aliphatic heterocycles. The number of pyridine rings is 1. The summed E-state index contributed by atoms with van der Waals surface area (Å²) in [7, 11) is 1.54. The van der Waals surface area contributed by atoms with Gasteiger partial charge in [0.2, 0.25) is 5.88 Å². The minimum atomic E-state index is -0.833. The maximum Gasteiger partial charge on any atom is 0.300 e. The molecule has 0 amide bonds. The number of aliphatic carboxylic acids is 1. The number of rotatable bonds is 5. The van der Waals surface area contributed by atoms with Crippen molar-refractivity contribution in [1.82, 2.24) is 4.98 Å². The van der Waals surface area contributed by atoms with E-state index in [0.717, 1.165) is 45.3 Å². The molecule has 174 valence electrons. The zero-order valence-electron chi connectivity index (χ0n) is 19.0. The molecule has 7 nitrogen and oxygen atoms in total. The van der Waals surface area contributed by atoms with E-state index in [-0.39, 0.29) is 17.8 Å². The molecule has 2 saturated heterocycles. The molecule has 2 aliphatic rings. The zero-order chi connectivity index (χ0) is 23.1. The Hall–Kier alpha value is -3.03. The number of ether oxygens (including phenoxy) is 2. The lowest BCUT2D eigenvalue weighted by atomic mass is 9.96. The predicted molar refractivity (Wildman–Crippen MR) is 122 cm³/mol. The Kier molecular flexibility index (Phi) is 8.14. The van der Waals surface area contributed by atoms with Crippen molar-refractivity contribution in [3.63, 3.8) is 0 Å². The molecule has 2 aromatic rings. The molecule has 1 N–H and O–H groups in total. The number of hydrogen-bond donors (Lipinski definition) is 1. The molecule has 32 heavy (non-hydrogen) atoms. The largest absolute Gasteiger partial charge is 0.490 e. The molecule has 0 saturated carbocycles. The molecule has 2 unspecified atom stereocenters. The Labute approximate surface area is 188 Å². The fraction of sp³-hybridized carbons (Fsp3) is 0.500. The van der Waals surface area contributed by atoms with Crippen molar-refractivity contribution >= 4 is 17.3 Å². The second kappa shape index (κ2) is 11.0. The number of carboxylic acids is 1. The third-order valence-electron chi connectivity index (χ3n) is 5.78. The first-order valence-electron chi connectivity index (χ1n) is 11.0. The highest BCUT2D eigenvalue weighted by Crippen LogP contribution is 2.30.